The number of hydrogen-bond donors (Lipinski definition) is 2. The van der Waals surface area contributed by atoms with Gasteiger partial charge in [-0.05, 0) is 44.7 Å². The van der Waals surface area contributed by atoms with Gasteiger partial charge >= 0.3 is 6.03 Å². The molecule has 1 aromatic rings. The van der Waals surface area contributed by atoms with Crippen molar-refractivity contribution in [1.82, 2.24) is 25.5 Å². The molecule has 1 aliphatic heterocycles. The van der Waals surface area contributed by atoms with Crippen molar-refractivity contribution in [1.29, 1.82) is 0 Å². The molecular weight excluding hydrogens is 304 g/mol. The minimum absolute atomic E-state index is 0.0274. The Labute approximate surface area is 143 Å². The summed E-state index contributed by atoms with van der Waals surface area (Å²) in [4.78, 5) is 25.0. The first-order valence-electron chi connectivity index (χ1n) is 9.01. The number of rotatable bonds is 7. The van der Waals surface area contributed by atoms with Gasteiger partial charge in [0.1, 0.15) is 0 Å². The number of amides is 2. The lowest BCUT2D eigenvalue weighted by molar-refractivity contribution is 0.232. The molecule has 3 rings (SSSR count). The van der Waals surface area contributed by atoms with Crippen molar-refractivity contribution in [2.45, 2.75) is 32.2 Å². The fourth-order valence-corrected chi connectivity index (χ4v) is 3.10. The van der Waals surface area contributed by atoms with E-state index in [-0.39, 0.29) is 6.03 Å². The number of piperazine rings is 1. The van der Waals surface area contributed by atoms with E-state index in [1.165, 1.54) is 12.8 Å². The van der Waals surface area contributed by atoms with E-state index in [4.69, 9.17) is 0 Å². The molecule has 0 radical (unpaired) electrons. The van der Waals surface area contributed by atoms with E-state index in [9.17, 15) is 4.79 Å². The number of carbonyl (C=O) groups is 1. The van der Waals surface area contributed by atoms with Crippen LogP contribution in [0.1, 0.15) is 26.2 Å². The van der Waals surface area contributed by atoms with Gasteiger partial charge in [0, 0.05) is 51.2 Å². The quantitative estimate of drug-likeness (QED) is 0.731. The summed E-state index contributed by atoms with van der Waals surface area (Å²) in [5, 5.41) is 5.98. The Balaban J connectivity index is 1.26. The molecule has 2 amide bonds. The number of nitrogens with zero attached hydrogens (tertiary/aromatic N) is 4. The van der Waals surface area contributed by atoms with Gasteiger partial charge in [-0.25, -0.2) is 14.8 Å². The first kappa shape index (κ1) is 17.0. The smallest absolute Gasteiger partial charge is 0.315 e. The Hall–Kier alpha value is -1.89. The zero-order chi connectivity index (χ0) is 16.8. The molecule has 1 aliphatic carbocycles. The Morgan fingerprint density at radius 3 is 2.62 bits per heavy atom. The third-order valence-electron chi connectivity index (χ3n) is 4.83. The number of aromatic nitrogens is 2. The molecule has 1 saturated carbocycles. The fraction of sp³-hybridized carbons (Fsp3) is 0.706. The molecule has 2 N–H and O–H groups in total. The Morgan fingerprint density at radius 2 is 1.96 bits per heavy atom. The first-order valence-corrected chi connectivity index (χ1v) is 9.01. The molecule has 2 aliphatic rings. The summed E-state index contributed by atoms with van der Waals surface area (Å²) >= 11 is 0. The molecule has 0 spiro atoms. The summed E-state index contributed by atoms with van der Waals surface area (Å²) in [7, 11) is 0. The summed E-state index contributed by atoms with van der Waals surface area (Å²) in [6.45, 7) is 7.78. The zero-order valence-electron chi connectivity index (χ0n) is 14.4. The van der Waals surface area contributed by atoms with E-state index in [1.54, 1.807) is 12.4 Å². The molecule has 2 heterocycles. The fourth-order valence-electron chi connectivity index (χ4n) is 3.10. The normalized spacial score (nSPS) is 19.8. The highest BCUT2D eigenvalue weighted by molar-refractivity contribution is 5.74. The predicted molar refractivity (Wildman–Crippen MR) is 94.0 cm³/mol. The van der Waals surface area contributed by atoms with Crippen LogP contribution in [-0.4, -0.2) is 66.2 Å². The Morgan fingerprint density at radius 1 is 1.25 bits per heavy atom. The van der Waals surface area contributed by atoms with Crippen LogP contribution in [0.5, 0.6) is 0 Å². The van der Waals surface area contributed by atoms with Crippen LogP contribution < -0.4 is 15.5 Å². The monoisotopic (exact) mass is 332 g/mol. The van der Waals surface area contributed by atoms with Crippen molar-refractivity contribution in [2.24, 2.45) is 5.92 Å². The third kappa shape index (κ3) is 5.06. The average Bonchev–Trinajstić information content (AvgIpc) is 3.45. The second-order valence-electron chi connectivity index (χ2n) is 6.76. The van der Waals surface area contributed by atoms with Crippen LogP contribution in [0.25, 0.3) is 0 Å². The SMILES string of the molecule is CC(NC(=O)NCCCN1CCN(c2ncccn2)CC1)C1CC1. The van der Waals surface area contributed by atoms with E-state index < -0.39 is 0 Å². The lowest BCUT2D eigenvalue weighted by atomic mass is 10.2. The maximum absolute atomic E-state index is 11.8. The van der Waals surface area contributed by atoms with E-state index in [2.05, 4.69) is 37.3 Å². The number of nitrogens with one attached hydrogen (secondary N) is 2. The van der Waals surface area contributed by atoms with Gasteiger partial charge in [0.15, 0.2) is 0 Å². The first-order chi connectivity index (χ1) is 11.7. The van der Waals surface area contributed by atoms with E-state index in [1.807, 2.05) is 6.07 Å². The van der Waals surface area contributed by atoms with E-state index >= 15 is 0 Å². The molecule has 7 nitrogen and oxygen atoms in total. The third-order valence-corrected chi connectivity index (χ3v) is 4.83. The van der Waals surface area contributed by atoms with Crippen molar-refractivity contribution in [3.8, 4) is 0 Å². The standard InChI is InChI=1S/C17H28N6O/c1-14(15-4-5-15)21-17(24)20-8-3-9-22-10-12-23(13-11-22)16-18-6-2-7-19-16/h2,6-7,14-15H,3-5,8-13H2,1H3,(H2,20,21,24). The van der Waals surface area contributed by atoms with Crippen LogP contribution in [0.3, 0.4) is 0 Å². The van der Waals surface area contributed by atoms with Crippen molar-refractivity contribution >= 4 is 12.0 Å². The maximum Gasteiger partial charge on any atom is 0.315 e. The van der Waals surface area contributed by atoms with Crippen molar-refractivity contribution in [3.63, 3.8) is 0 Å². The Bertz CT molecular complexity index is 513. The summed E-state index contributed by atoms with van der Waals surface area (Å²) in [6, 6.07) is 2.12. The largest absolute Gasteiger partial charge is 0.338 e. The van der Waals surface area contributed by atoms with Crippen molar-refractivity contribution < 1.29 is 4.79 Å². The van der Waals surface area contributed by atoms with Crippen LogP contribution in [0, 0.1) is 5.92 Å². The topological polar surface area (TPSA) is 73.4 Å². The van der Waals surface area contributed by atoms with Crippen LogP contribution >= 0.6 is 0 Å². The molecule has 0 bridgehead atoms. The van der Waals surface area contributed by atoms with Gasteiger partial charge in [-0.15, -0.1) is 0 Å². The van der Waals surface area contributed by atoms with Gasteiger partial charge in [-0.3, -0.25) is 4.90 Å². The van der Waals surface area contributed by atoms with Gasteiger partial charge in [0.2, 0.25) is 5.95 Å². The zero-order valence-corrected chi connectivity index (χ0v) is 14.4. The molecule has 7 heteroatoms. The summed E-state index contributed by atoms with van der Waals surface area (Å²) < 4.78 is 0. The second kappa shape index (κ2) is 8.28. The lowest BCUT2D eigenvalue weighted by Crippen LogP contribution is -2.48. The van der Waals surface area contributed by atoms with E-state index in [0.717, 1.165) is 51.6 Å². The molecular formula is C17H28N6O. The van der Waals surface area contributed by atoms with E-state index in [0.29, 0.717) is 12.0 Å². The number of hydrogen-bond acceptors (Lipinski definition) is 5. The van der Waals surface area contributed by atoms with Gasteiger partial charge < -0.3 is 15.5 Å². The molecule has 132 valence electrons. The van der Waals surface area contributed by atoms with Gasteiger partial charge in [-0.2, -0.15) is 0 Å². The maximum atomic E-state index is 11.8. The lowest BCUT2D eigenvalue weighted by Gasteiger charge is -2.34. The Kier molecular flexibility index (Phi) is 5.85. The molecule has 1 atom stereocenters. The van der Waals surface area contributed by atoms with Crippen LogP contribution in [-0.2, 0) is 0 Å². The molecule has 2 fully saturated rings. The summed E-state index contributed by atoms with van der Waals surface area (Å²) in [5.41, 5.74) is 0. The van der Waals surface area contributed by atoms with Crippen molar-refractivity contribution in [3.05, 3.63) is 18.5 Å². The average molecular weight is 332 g/mol. The minimum atomic E-state index is -0.0274. The molecule has 0 aromatic carbocycles. The predicted octanol–water partition coefficient (Wildman–Crippen LogP) is 1.09. The molecule has 24 heavy (non-hydrogen) atoms. The highest BCUT2D eigenvalue weighted by Gasteiger charge is 2.28. The molecule has 1 saturated heterocycles. The van der Waals surface area contributed by atoms with Crippen molar-refractivity contribution in [2.75, 3.05) is 44.2 Å². The highest BCUT2D eigenvalue weighted by Crippen LogP contribution is 2.32. The summed E-state index contributed by atoms with van der Waals surface area (Å²) in [6.07, 6.45) is 7.06. The van der Waals surface area contributed by atoms with Crippen LogP contribution in [0.4, 0.5) is 10.7 Å². The minimum Gasteiger partial charge on any atom is -0.338 e. The van der Waals surface area contributed by atoms with Crippen LogP contribution in [0.2, 0.25) is 0 Å². The number of carbonyl (C=O) groups excluding carboxylic acids is 1. The number of urea groups is 1. The summed E-state index contributed by atoms with van der Waals surface area (Å²) in [5.74, 6) is 1.51. The second-order valence-corrected chi connectivity index (χ2v) is 6.76. The highest BCUT2D eigenvalue weighted by atomic mass is 16.2. The van der Waals surface area contributed by atoms with Gasteiger partial charge in [0.25, 0.3) is 0 Å². The molecule has 1 unspecified atom stereocenters. The van der Waals surface area contributed by atoms with Gasteiger partial charge in [0.05, 0.1) is 0 Å². The number of anilines is 1. The molecule has 1 aromatic heterocycles. The van der Waals surface area contributed by atoms with Gasteiger partial charge in [-0.1, -0.05) is 0 Å². The van der Waals surface area contributed by atoms with Crippen LogP contribution in [0.15, 0.2) is 18.5 Å².